The number of Topliss-reactive ketones (excluding diaryl/α,β-unsaturated/α-hetero) is 2. The van der Waals surface area contributed by atoms with Crippen LogP contribution in [-0.4, -0.2) is 93.8 Å². The fraction of sp³-hybridized carbons (Fsp3) is 0.333. The van der Waals surface area contributed by atoms with Crippen molar-refractivity contribution >= 4 is 93.1 Å². The number of hydrogen-bond acceptors (Lipinski definition) is 16. The van der Waals surface area contributed by atoms with Gasteiger partial charge in [0.1, 0.15) is 68.2 Å². The average Bonchev–Trinajstić information content (AvgIpc) is 1.40. The molecule has 0 aromatic heterocycles. The van der Waals surface area contributed by atoms with Gasteiger partial charge in [0.05, 0.1) is 69.0 Å². The van der Waals surface area contributed by atoms with Gasteiger partial charge >= 0.3 is 11.9 Å². The van der Waals surface area contributed by atoms with Crippen LogP contribution in [0.25, 0.3) is 0 Å². The summed E-state index contributed by atoms with van der Waals surface area (Å²) in [5.41, 5.74) is -9.01. The fourth-order valence-corrected chi connectivity index (χ4v) is 15.9. The van der Waals surface area contributed by atoms with Gasteiger partial charge in [-0.25, -0.2) is 18.6 Å². The topological polar surface area (TPSA) is 245 Å². The van der Waals surface area contributed by atoms with Gasteiger partial charge in [0.2, 0.25) is 23.6 Å². The molecule has 480 valence electrons. The third kappa shape index (κ3) is 8.79. The third-order valence-electron chi connectivity index (χ3n) is 19.4. The molecule has 22 heteroatoms. The molecule has 2 saturated carbocycles. The van der Waals surface area contributed by atoms with Crippen molar-refractivity contribution in [2.45, 2.75) is 116 Å². The highest BCUT2D eigenvalue weighted by Crippen LogP contribution is 2.67. The number of carbonyl (C=O) groups excluding carboxylic acids is 10. The van der Waals surface area contributed by atoms with Crippen LogP contribution < -0.4 is 29.3 Å². The van der Waals surface area contributed by atoms with E-state index in [1.807, 2.05) is 0 Å². The fourth-order valence-electron chi connectivity index (χ4n) is 15.9. The highest BCUT2D eigenvalue weighted by Gasteiger charge is 2.81. The lowest BCUT2D eigenvalue weighted by Gasteiger charge is -2.55. The van der Waals surface area contributed by atoms with Crippen LogP contribution in [0.5, 0.6) is 11.5 Å². The Kier molecular flexibility index (Phi) is 14.3. The number of hydrazone groups is 2. The molecule has 2 aliphatic carbocycles. The van der Waals surface area contributed by atoms with Crippen molar-refractivity contribution < 1.29 is 75.7 Å². The number of ether oxygens (including phenoxy) is 4. The lowest BCUT2D eigenvalue weighted by atomic mass is 9.46. The van der Waals surface area contributed by atoms with E-state index in [1.165, 1.54) is 26.0 Å². The van der Waals surface area contributed by atoms with Crippen LogP contribution in [0.15, 0.2) is 156 Å². The van der Waals surface area contributed by atoms with Gasteiger partial charge in [-0.3, -0.25) is 47.9 Å². The molecule has 20 nitrogen and oxygen atoms in total. The summed E-state index contributed by atoms with van der Waals surface area (Å²) in [5, 5.41) is 11.6. The van der Waals surface area contributed by atoms with Crippen LogP contribution in [0.1, 0.15) is 114 Å². The minimum atomic E-state index is -2.27. The van der Waals surface area contributed by atoms with Crippen LogP contribution in [0.4, 0.5) is 31.5 Å². The van der Waals surface area contributed by atoms with Gasteiger partial charge in [-0.2, -0.15) is 20.2 Å². The summed E-state index contributed by atoms with van der Waals surface area (Å²) >= 11 is 0. The highest BCUT2D eigenvalue weighted by molar-refractivity contribution is 6.30. The quantitative estimate of drug-likeness (QED) is 0.149. The number of anilines is 4. The Labute approximate surface area is 538 Å². The van der Waals surface area contributed by atoms with Gasteiger partial charge in [0.25, 0.3) is 11.8 Å². The van der Waals surface area contributed by atoms with Crippen molar-refractivity contribution in [1.82, 2.24) is 0 Å². The van der Waals surface area contributed by atoms with Crippen molar-refractivity contribution in [3.05, 3.63) is 179 Å². The summed E-state index contributed by atoms with van der Waals surface area (Å²) in [5.74, 6) is -14.3. The van der Waals surface area contributed by atoms with Crippen molar-refractivity contribution in [1.29, 1.82) is 0 Å². The number of esters is 2. The van der Waals surface area contributed by atoms with E-state index < -0.39 is 139 Å². The van der Waals surface area contributed by atoms with E-state index in [-0.39, 0.29) is 69.4 Å². The first-order valence-corrected chi connectivity index (χ1v) is 30.7. The number of halogens is 2. The molecule has 14 rings (SSSR count). The molecule has 6 aromatic carbocycles. The van der Waals surface area contributed by atoms with Crippen molar-refractivity contribution in [2.24, 2.45) is 44.7 Å². The van der Waals surface area contributed by atoms with Gasteiger partial charge in [-0.05, 0) is 164 Å². The highest BCUT2D eigenvalue weighted by atomic mass is 19.1. The number of rotatable bonds is 4. The Morgan fingerprint density at radius 2 is 0.830 bits per heavy atom. The molecule has 0 saturated heterocycles. The van der Waals surface area contributed by atoms with Gasteiger partial charge in [0, 0.05) is 13.8 Å². The first-order chi connectivity index (χ1) is 44.5. The number of hydrogen-bond donors (Lipinski definition) is 0. The van der Waals surface area contributed by atoms with Crippen LogP contribution in [0.3, 0.4) is 0 Å². The van der Waals surface area contributed by atoms with Crippen molar-refractivity contribution in [3.8, 4) is 11.5 Å². The molecule has 94 heavy (non-hydrogen) atoms. The predicted molar refractivity (Wildman–Crippen MR) is 337 cm³/mol. The van der Waals surface area contributed by atoms with E-state index >= 15 is 28.0 Å². The Morgan fingerprint density at radius 3 is 1.17 bits per heavy atom. The number of imide groups is 2. The molecular formula is C72H64F2N6O14. The monoisotopic (exact) mass is 1270 g/mol. The first kappa shape index (κ1) is 62.4. The largest absolute Gasteiger partial charge is 0.487 e. The first-order valence-electron chi connectivity index (χ1n) is 30.7. The molecule has 2 fully saturated rings. The van der Waals surface area contributed by atoms with Crippen molar-refractivity contribution in [2.75, 3.05) is 19.8 Å². The minimum Gasteiger partial charge on any atom is -0.487 e. The number of fused-ring (bicyclic) bond motifs is 10. The van der Waals surface area contributed by atoms with E-state index in [0.717, 1.165) is 44.1 Å². The molecule has 0 N–H and O–H groups in total. The lowest BCUT2D eigenvalue weighted by molar-refractivity contribution is -0.181. The zero-order valence-electron chi connectivity index (χ0n) is 52.9. The standard InChI is InChI=1S/2C36H32FN3O7/c2*1-19-35(32(44)40(38-19)22-11-7-6-8-12-22)18-24-28(42)23-13-9-10-14-27(23)46-30(24)36(29(35)31(43)47-34(3,4)5)25-17-21(37)15-16-26(25)39(20(2)41)33(36)45/h2*6-17,24,29-30H,18H2,1-5H3/t2*24-,29-,30-,35+,36+/m00/s1. The molecule has 4 spiro atoms. The maximum atomic E-state index is 15.4. The van der Waals surface area contributed by atoms with Crippen LogP contribution in [-0.2, 0) is 58.7 Å². The Bertz CT molecular complexity index is 4150. The maximum absolute atomic E-state index is 15.4. The SMILES string of the molecule is CC(=O)N1C(=O)[C@@]2(c3cc(F)ccc31)[C@H]1Oc3ccccc3C(=O)[C@@H]1C[C@]1(C(=O)N(c3ccccc3)N=C1C)[C@@H]2C(=O)OC(C)(C)C.CC(=O)N1C(=O)[C@@]2(c3cc(F)ccc31)[C@H]1Oc3ccccc3C(=O)[C@@H]1C[C@]1(C(=O)N(c3ccccc3)N=C1C)[C@@H]2C(=O)OC(C)(C)C. The summed E-state index contributed by atoms with van der Waals surface area (Å²) in [6.07, 6.45) is -3.36. The maximum Gasteiger partial charge on any atom is 0.312 e. The number of amides is 6. The van der Waals surface area contributed by atoms with Gasteiger partial charge in [-0.15, -0.1) is 0 Å². The number of benzene rings is 6. The number of nitrogens with zero attached hydrogens (tertiary/aromatic N) is 6. The summed E-state index contributed by atoms with van der Waals surface area (Å²) < 4.78 is 55.8. The second-order valence-electron chi connectivity index (χ2n) is 27.0. The van der Waals surface area contributed by atoms with Crippen LogP contribution >= 0.6 is 0 Å². The number of carbonyl (C=O) groups is 10. The Morgan fingerprint density at radius 1 is 0.489 bits per heavy atom. The van der Waals surface area contributed by atoms with Crippen molar-refractivity contribution in [3.63, 3.8) is 0 Å². The smallest absolute Gasteiger partial charge is 0.312 e. The number of para-hydroxylation sites is 4. The molecule has 6 aromatic rings. The molecule has 10 atom stereocenters. The molecule has 0 unspecified atom stereocenters. The van der Waals surface area contributed by atoms with Gasteiger partial charge in [-0.1, -0.05) is 60.7 Å². The van der Waals surface area contributed by atoms with E-state index in [2.05, 4.69) is 10.2 Å². The summed E-state index contributed by atoms with van der Waals surface area (Å²) in [4.78, 5) is 147. The van der Waals surface area contributed by atoms with E-state index in [9.17, 15) is 28.8 Å². The lowest BCUT2D eigenvalue weighted by Crippen LogP contribution is -2.72. The molecule has 6 aliphatic heterocycles. The summed E-state index contributed by atoms with van der Waals surface area (Å²) in [6, 6.07) is 37.1. The Hall–Kier alpha value is -10.4. The van der Waals surface area contributed by atoms with E-state index in [4.69, 9.17) is 18.9 Å². The van der Waals surface area contributed by atoms with Crippen LogP contribution in [0.2, 0.25) is 0 Å². The van der Waals surface area contributed by atoms with Gasteiger partial charge in [0.15, 0.2) is 11.6 Å². The molecular weight excluding hydrogens is 1210 g/mol. The Balaban J connectivity index is 0.000000171. The van der Waals surface area contributed by atoms with Gasteiger partial charge < -0.3 is 18.9 Å². The molecule has 8 aliphatic rings. The zero-order chi connectivity index (χ0) is 67.3. The van der Waals surface area contributed by atoms with E-state index in [0.29, 0.717) is 11.4 Å². The number of ketones is 2. The zero-order valence-corrected chi connectivity index (χ0v) is 52.9. The second-order valence-corrected chi connectivity index (χ2v) is 27.0. The molecule has 6 amide bonds. The minimum absolute atomic E-state index is 0.0307. The predicted octanol–water partition coefficient (Wildman–Crippen LogP) is 9.97. The molecule has 0 bridgehead atoms. The average molecular weight is 1280 g/mol. The normalized spacial score (nSPS) is 27.7. The van der Waals surface area contributed by atoms with Crippen LogP contribution in [0, 0.1) is 46.1 Å². The molecule has 6 heterocycles. The molecule has 0 radical (unpaired) electrons. The second kappa shape index (κ2) is 21.6. The van der Waals surface area contributed by atoms with E-state index in [1.54, 1.807) is 165 Å². The third-order valence-corrected chi connectivity index (χ3v) is 19.4. The summed E-state index contributed by atoms with van der Waals surface area (Å²) in [6.45, 7) is 15.4. The summed E-state index contributed by atoms with van der Waals surface area (Å²) in [7, 11) is 0.